The lowest BCUT2D eigenvalue weighted by molar-refractivity contribution is 0.180. The second-order valence-electron chi connectivity index (χ2n) is 3.84. The Balaban J connectivity index is 2.18. The molecule has 0 bridgehead atoms. The van der Waals surface area contributed by atoms with Crippen LogP contribution in [0.2, 0.25) is 0 Å². The maximum atomic E-state index is 6.12. The molecule has 3 unspecified atom stereocenters. The van der Waals surface area contributed by atoms with E-state index in [1.165, 1.54) is 0 Å². The van der Waals surface area contributed by atoms with Crippen molar-refractivity contribution in [3.63, 3.8) is 0 Å². The monoisotopic (exact) mass is 307 g/mol. The van der Waals surface area contributed by atoms with E-state index in [1.54, 1.807) is 6.20 Å². The number of hydrogen-bond acceptors (Lipinski definition) is 4. The summed E-state index contributed by atoms with van der Waals surface area (Å²) in [4.78, 5) is 0. The predicted octanol–water partition coefficient (Wildman–Crippen LogP) is 0.448. The number of nitrogens with zero attached hydrogens (tertiary/aromatic N) is 4. The zero-order chi connectivity index (χ0) is 10.1. The molecule has 14 heavy (non-hydrogen) atoms. The highest BCUT2D eigenvalue weighted by Crippen LogP contribution is 2.27. The Hall–Kier alpha value is -0.210. The van der Waals surface area contributed by atoms with E-state index in [0.29, 0.717) is 5.92 Å². The summed E-state index contributed by atoms with van der Waals surface area (Å²) in [5.41, 5.74) is 6.12. The second-order valence-corrected chi connectivity index (χ2v) is 5.21. The molecule has 0 spiro atoms. The van der Waals surface area contributed by atoms with Gasteiger partial charge in [-0.2, -0.15) is 0 Å². The maximum Gasteiger partial charge on any atom is 0.0738 e. The van der Waals surface area contributed by atoms with Gasteiger partial charge in [-0.05, 0) is 5.92 Å². The van der Waals surface area contributed by atoms with Gasteiger partial charge in [0.15, 0.2) is 0 Å². The third-order valence-electron chi connectivity index (χ3n) is 2.66. The highest BCUT2D eigenvalue weighted by Gasteiger charge is 2.33. The smallest absolute Gasteiger partial charge is 0.0738 e. The van der Waals surface area contributed by atoms with Gasteiger partial charge in [-0.15, -0.1) is 5.10 Å². The van der Waals surface area contributed by atoms with E-state index >= 15 is 0 Å². The first-order chi connectivity index (χ1) is 6.68. The van der Waals surface area contributed by atoms with Gasteiger partial charge in [0.25, 0.3) is 0 Å². The fourth-order valence-corrected chi connectivity index (χ4v) is 3.16. The molecule has 3 atom stereocenters. The Kier molecular flexibility index (Phi) is 3.03. The summed E-state index contributed by atoms with van der Waals surface area (Å²) >= 11 is 2.32. The van der Waals surface area contributed by atoms with Crippen LogP contribution in [0.15, 0.2) is 12.4 Å². The van der Waals surface area contributed by atoms with Crippen LogP contribution in [0.4, 0.5) is 0 Å². The summed E-state index contributed by atoms with van der Waals surface area (Å²) in [7, 11) is 0. The van der Waals surface area contributed by atoms with Crippen molar-refractivity contribution >= 4 is 22.9 Å². The molecule has 0 aromatic carbocycles. The minimum Gasteiger partial charge on any atom is -0.325 e. The topological polar surface area (TPSA) is 60.0 Å². The molecule has 1 aliphatic rings. The third-order valence-corrected chi connectivity index (χ3v) is 3.45. The lowest BCUT2D eigenvalue weighted by Crippen LogP contribution is -2.50. The lowest BCUT2D eigenvalue weighted by atomic mass is 9.92. The molecule has 1 aromatic heterocycles. The minimum atomic E-state index is 0.136. The van der Waals surface area contributed by atoms with Crippen LogP contribution in [0.1, 0.15) is 13.0 Å². The van der Waals surface area contributed by atoms with Gasteiger partial charge >= 0.3 is 0 Å². The maximum absolute atomic E-state index is 6.12. The molecule has 1 aromatic rings. The summed E-state index contributed by atoms with van der Waals surface area (Å²) in [6.45, 7) is 4.17. The van der Waals surface area contributed by atoms with Crippen molar-refractivity contribution in [1.82, 2.24) is 18.1 Å². The van der Waals surface area contributed by atoms with E-state index in [4.69, 9.17) is 5.73 Å². The average molecular weight is 307 g/mol. The minimum absolute atomic E-state index is 0.136. The molecule has 2 N–H and O–H groups in total. The van der Waals surface area contributed by atoms with Crippen LogP contribution in [0, 0.1) is 5.92 Å². The van der Waals surface area contributed by atoms with Crippen molar-refractivity contribution < 1.29 is 0 Å². The highest BCUT2D eigenvalue weighted by molar-refractivity contribution is 14.1. The van der Waals surface area contributed by atoms with Crippen LogP contribution in [-0.4, -0.2) is 37.2 Å². The lowest BCUT2D eigenvalue weighted by Gasteiger charge is -2.37. The normalized spacial score (nSPS) is 34.6. The van der Waals surface area contributed by atoms with Gasteiger partial charge < -0.3 is 5.73 Å². The Labute approximate surface area is 97.1 Å². The molecule has 0 aliphatic carbocycles. The van der Waals surface area contributed by atoms with Crippen LogP contribution in [0.3, 0.4) is 0 Å². The van der Waals surface area contributed by atoms with E-state index < -0.39 is 0 Å². The van der Waals surface area contributed by atoms with E-state index in [2.05, 4.69) is 43.2 Å². The van der Waals surface area contributed by atoms with Gasteiger partial charge in [-0.25, -0.2) is 7.80 Å². The van der Waals surface area contributed by atoms with Gasteiger partial charge in [0.1, 0.15) is 0 Å². The first kappa shape index (κ1) is 10.3. The van der Waals surface area contributed by atoms with Crippen molar-refractivity contribution in [1.29, 1.82) is 0 Å². The van der Waals surface area contributed by atoms with Gasteiger partial charge in [-0.3, -0.25) is 0 Å². The first-order valence-electron chi connectivity index (χ1n) is 4.70. The summed E-state index contributed by atoms with van der Waals surface area (Å²) in [6, 6.07) is 0.417. The molecule has 1 fully saturated rings. The zero-order valence-corrected chi connectivity index (χ0v) is 10.2. The number of halogens is 1. The highest BCUT2D eigenvalue weighted by atomic mass is 127. The molecule has 1 aliphatic heterocycles. The number of nitrogens with two attached hydrogens (primary N) is 1. The van der Waals surface area contributed by atoms with Gasteiger partial charge in [-0.1, -0.05) is 12.1 Å². The fourth-order valence-electron chi connectivity index (χ4n) is 2.09. The Morgan fingerprint density at radius 1 is 1.50 bits per heavy atom. The van der Waals surface area contributed by atoms with Crippen molar-refractivity contribution in [2.24, 2.45) is 11.7 Å². The fraction of sp³-hybridized carbons (Fsp3) is 0.750. The molecule has 0 amide bonds. The van der Waals surface area contributed by atoms with Crippen molar-refractivity contribution in [2.45, 2.75) is 19.0 Å². The molecule has 0 radical (unpaired) electrons. The summed E-state index contributed by atoms with van der Waals surface area (Å²) in [6.07, 6.45) is 3.60. The average Bonchev–Trinajstić information content (AvgIpc) is 2.54. The first-order valence-corrected chi connectivity index (χ1v) is 5.67. The van der Waals surface area contributed by atoms with E-state index in [9.17, 15) is 0 Å². The Morgan fingerprint density at radius 3 is 2.86 bits per heavy atom. The summed E-state index contributed by atoms with van der Waals surface area (Å²) in [5, 5.41) is 7.86. The molecule has 5 nitrogen and oxygen atoms in total. The molecule has 1 saturated heterocycles. The Morgan fingerprint density at radius 2 is 2.29 bits per heavy atom. The van der Waals surface area contributed by atoms with Crippen molar-refractivity contribution in [3.05, 3.63) is 12.4 Å². The van der Waals surface area contributed by atoms with Gasteiger partial charge in [0.05, 0.1) is 12.2 Å². The van der Waals surface area contributed by atoms with Crippen LogP contribution in [0.5, 0.6) is 0 Å². The van der Waals surface area contributed by atoms with Crippen LogP contribution in [-0.2, 0) is 0 Å². The molecule has 2 rings (SSSR count). The molecule has 0 saturated carbocycles. The summed E-state index contributed by atoms with van der Waals surface area (Å²) in [5.74, 6) is 0.511. The van der Waals surface area contributed by atoms with E-state index in [0.717, 1.165) is 13.1 Å². The van der Waals surface area contributed by atoms with Crippen LogP contribution >= 0.6 is 22.9 Å². The molecule has 6 heteroatoms. The van der Waals surface area contributed by atoms with Crippen LogP contribution in [0.25, 0.3) is 0 Å². The van der Waals surface area contributed by atoms with E-state index in [1.807, 2.05) is 10.9 Å². The van der Waals surface area contributed by atoms with Crippen molar-refractivity contribution in [2.75, 3.05) is 13.1 Å². The molecular weight excluding hydrogens is 293 g/mol. The second kappa shape index (κ2) is 4.11. The predicted molar refractivity (Wildman–Crippen MR) is 61.8 cm³/mol. The zero-order valence-electron chi connectivity index (χ0n) is 8.05. The number of rotatable bonds is 1. The number of piperidine rings is 1. The van der Waals surface area contributed by atoms with Crippen LogP contribution < -0.4 is 5.73 Å². The molecular formula is C8H14IN5. The quantitative estimate of drug-likeness (QED) is 0.604. The largest absolute Gasteiger partial charge is 0.325 e. The number of aromatic nitrogens is 3. The third kappa shape index (κ3) is 1.91. The standard InChI is InChI=1S/C8H14IN5/c1-6-4-13(9)5-7(10)8(6)14-3-2-11-12-14/h2-3,6-8H,4-5,10H2,1H3. The SMILES string of the molecule is CC1CN(I)CC(N)C1n1ccnn1. The van der Waals surface area contributed by atoms with Gasteiger partial charge in [0.2, 0.25) is 0 Å². The molecule has 78 valence electrons. The van der Waals surface area contributed by atoms with E-state index in [-0.39, 0.29) is 12.1 Å². The molecule has 2 heterocycles. The number of hydrogen-bond donors (Lipinski definition) is 1. The van der Waals surface area contributed by atoms with Gasteiger partial charge in [0, 0.05) is 48.2 Å². The Bertz CT molecular complexity index is 276. The summed E-state index contributed by atoms with van der Waals surface area (Å²) < 4.78 is 4.12. The van der Waals surface area contributed by atoms with Crippen molar-refractivity contribution in [3.8, 4) is 0 Å².